The standard InChI is InChI=1S/C13H15NO3S/c1-10(17-18(2,15)16)9-12-8-7-11-5-3-4-6-13(11)14-12/h3-8,10H,9H2,1-2H3/t10-/m0/s1. The molecule has 96 valence electrons. The predicted molar refractivity (Wildman–Crippen MR) is 70.8 cm³/mol. The van der Waals surface area contributed by atoms with E-state index in [1.807, 2.05) is 36.4 Å². The average Bonchev–Trinajstić information content (AvgIpc) is 2.26. The lowest BCUT2D eigenvalue weighted by molar-refractivity contribution is 0.230. The van der Waals surface area contributed by atoms with Crippen LogP contribution >= 0.6 is 0 Å². The molecule has 0 saturated carbocycles. The van der Waals surface area contributed by atoms with Gasteiger partial charge in [0.05, 0.1) is 17.9 Å². The number of benzene rings is 1. The minimum atomic E-state index is -3.41. The summed E-state index contributed by atoms with van der Waals surface area (Å²) in [4.78, 5) is 4.47. The van der Waals surface area contributed by atoms with Crippen LogP contribution in [0, 0.1) is 0 Å². The third-order valence-electron chi connectivity index (χ3n) is 2.49. The Morgan fingerprint density at radius 1 is 1.22 bits per heavy atom. The molecule has 0 aliphatic rings. The summed E-state index contributed by atoms with van der Waals surface area (Å²) in [6, 6.07) is 11.7. The summed E-state index contributed by atoms with van der Waals surface area (Å²) in [6.07, 6.45) is 1.11. The average molecular weight is 265 g/mol. The molecule has 0 bridgehead atoms. The summed E-state index contributed by atoms with van der Waals surface area (Å²) >= 11 is 0. The summed E-state index contributed by atoms with van der Waals surface area (Å²) in [6.45, 7) is 1.72. The zero-order valence-corrected chi connectivity index (χ0v) is 11.1. The molecule has 0 spiro atoms. The van der Waals surface area contributed by atoms with E-state index in [-0.39, 0.29) is 0 Å². The van der Waals surface area contributed by atoms with Crippen LogP contribution in [0.3, 0.4) is 0 Å². The normalized spacial score (nSPS) is 13.7. The first-order chi connectivity index (χ1) is 8.44. The van der Waals surface area contributed by atoms with Gasteiger partial charge >= 0.3 is 0 Å². The van der Waals surface area contributed by atoms with E-state index in [0.717, 1.165) is 22.9 Å². The lowest BCUT2D eigenvalue weighted by Crippen LogP contribution is -2.17. The molecule has 0 N–H and O–H groups in total. The van der Waals surface area contributed by atoms with Crippen LogP contribution in [0.2, 0.25) is 0 Å². The SMILES string of the molecule is C[C@@H](Cc1ccc2ccccc2n1)OS(C)(=O)=O. The molecule has 0 unspecified atom stereocenters. The Labute approximate surface area is 107 Å². The second-order valence-corrected chi connectivity index (χ2v) is 5.91. The third-order valence-corrected chi connectivity index (χ3v) is 3.17. The number of nitrogens with zero attached hydrogens (tertiary/aromatic N) is 1. The smallest absolute Gasteiger partial charge is 0.264 e. The van der Waals surface area contributed by atoms with Crippen molar-refractivity contribution < 1.29 is 12.6 Å². The van der Waals surface area contributed by atoms with Crippen molar-refractivity contribution >= 4 is 21.0 Å². The number of pyridine rings is 1. The molecule has 0 aliphatic carbocycles. The lowest BCUT2D eigenvalue weighted by Gasteiger charge is -2.10. The van der Waals surface area contributed by atoms with E-state index in [0.29, 0.717) is 6.42 Å². The monoisotopic (exact) mass is 265 g/mol. The molecule has 0 saturated heterocycles. The van der Waals surface area contributed by atoms with E-state index in [1.165, 1.54) is 0 Å². The molecule has 2 rings (SSSR count). The number of hydrogen-bond acceptors (Lipinski definition) is 4. The van der Waals surface area contributed by atoms with E-state index < -0.39 is 16.2 Å². The highest BCUT2D eigenvalue weighted by atomic mass is 32.2. The molecular formula is C13H15NO3S. The van der Waals surface area contributed by atoms with Crippen molar-refractivity contribution in [3.63, 3.8) is 0 Å². The second kappa shape index (κ2) is 5.04. The van der Waals surface area contributed by atoms with Gasteiger partial charge in [-0.15, -0.1) is 0 Å². The minimum absolute atomic E-state index is 0.409. The molecule has 18 heavy (non-hydrogen) atoms. The molecule has 2 aromatic rings. The fourth-order valence-corrected chi connectivity index (χ4v) is 2.51. The molecular weight excluding hydrogens is 250 g/mol. The van der Waals surface area contributed by atoms with E-state index in [1.54, 1.807) is 6.92 Å². The topological polar surface area (TPSA) is 56.3 Å². The summed E-state index contributed by atoms with van der Waals surface area (Å²) in [5.41, 5.74) is 1.73. The van der Waals surface area contributed by atoms with Crippen molar-refractivity contribution in [2.24, 2.45) is 0 Å². The van der Waals surface area contributed by atoms with Gasteiger partial charge in [0.2, 0.25) is 0 Å². The Kier molecular flexibility index (Phi) is 3.63. The van der Waals surface area contributed by atoms with Gasteiger partial charge in [-0.05, 0) is 19.1 Å². The van der Waals surface area contributed by atoms with Crippen LogP contribution in [-0.2, 0) is 20.7 Å². The number of para-hydroxylation sites is 1. The van der Waals surface area contributed by atoms with Crippen molar-refractivity contribution in [3.8, 4) is 0 Å². The fourth-order valence-electron chi connectivity index (χ4n) is 1.85. The maximum atomic E-state index is 11.0. The molecule has 4 nitrogen and oxygen atoms in total. The quantitative estimate of drug-likeness (QED) is 0.795. The van der Waals surface area contributed by atoms with Gasteiger partial charge < -0.3 is 0 Å². The molecule has 5 heteroatoms. The summed E-state index contributed by atoms with van der Waals surface area (Å²) in [5, 5.41) is 1.07. The van der Waals surface area contributed by atoms with Gasteiger partial charge in [-0.3, -0.25) is 9.17 Å². The van der Waals surface area contributed by atoms with Crippen molar-refractivity contribution in [1.29, 1.82) is 0 Å². The van der Waals surface area contributed by atoms with Crippen LogP contribution in [0.15, 0.2) is 36.4 Å². The summed E-state index contributed by atoms with van der Waals surface area (Å²) in [5.74, 6) is 0. The largest absolute Gasteiger partial charge is 0.267 e. The predicted octanol–water partition coefficient (Wildman–Crippen LogP) is 2.14. The molecule has 1 aromatic carbocycles. The molecule has 1 heterocycles. The molecule has 0 radical (unpaired) electrons. The van der Waals surface area contributed by atoms with Crippen LogP contribution in [-0.4, -0.2) is 25.8 Å². The highest BCUT2D eigenvalue weighted by Crippen LogP contribution is 2.13. The Hall–Kier alpha value is -1.46. The second-order valence-electron chi connectivity index (χ2n) is 4.31. The van der Waals surface area contributed by atoms with Crippen molar-refractivity contribution in [2.45, 2.75) is 19.4 Å². The Balaban J connectivity index is 2.17. The Morgan fingerprint density at radius 2 is 1.94 bits per heavy atom. The van der Waals surface area contributed by atoms with Gasteiger partial charge in [-0.1, -0.05) is 24.3 Å². The number of fused-ring (bicyclic) bond motifs is 1. The summed E-state index contributed by atoms with van der Waals surface area (Å²) < 4.78 is 26.9. The zero-order chi connectivity index (χ0) is 13.2. The van der Waals surface area contributed by atoms with E-state index >= 15 is 0 Å². The minimum Gasteiger partial charge on any atom is -0.267 e. The maximum absolute atomic E-state index is 11.0. The number of hydrogen-bond donors (Lipinski definition) is 0. The number of rotatable bonds is 4. The molecule has 0 fully saturated rings. The number of aromatic nitrogens is 1. The first-order valence-electron chi connectivity index (χ1n) is 5.67. The Morgan fingerprint density at radius 3 is 2.67 bits per heavy atom. The molecule has 1 aromatic heterocycles. The summed E-state index contributed by atoms with van der Waals surface area (Å²) in [7, 11) is -3.41. The molecule has 0 amide bonds. The van der Waals surface area contributed by atoms with Gasteiger partial charge in [-0.25, -0.2) is 0 Å². The van der Waals surface area contributed by atoms with Gasteiger partial charge in [0.1, 0.15) is 0 Å². The van der Waals surface area contributed by atoms with Crippen molar-refractivity contribution in [3.05, 3.63) is 42.1 Å². The molecule has 1 atom stereocenters. The fraction of sp³-hybridized carbons (Fsp3) is 0.308. The zero-order valence-electron chi connectivity index (χ0n) is 10.3. The van der Waals surface area contributed by atoms with Crippen molar-refractivity contribution in [1.82, 2.24) is 4.98 Å². The first-order valence-corrected chi connectivity index (χ1v) is 7.48. The lowest BCUT2D eigenvalue weighted by atomic mass is 10.1. The van der Waals surface area contributed by atoms with Gasteiger partial charge in [0, 0.05) is 17.5 Å². The van der Waals surface area contributed by atoms with Crippen LogP contribution in [0.1, 0.15) is 12.6 Å². The Bertz CT molecular complexity index is 652. The first kappa shape index (κ1) is 13.0. The molecule has 0 aliphatic heterocycles. The van der Waals surface area contributed by atoms with E-state index in [4.69, 9.17) is 4.18 Å². The highest BCUT2D eigenvalue weighted by molar-refractivity contribution is 7.86. The highest BCUT2D eigenvalue weighted by Gasteiger charge is 2.11. The van der Waals surface area contributed by atoms with E-state index in [9.17, 15) is 8.42 Å². The van der Waals surface area contributed by atoms with Crippen LogP contribution in [0.25, 0.3) is 10.9 Å². The maximum Gasteiger partial charge on any atom is 0.264 e. The van der Waals surface area contributed by atoms with Crippen LogP contribution < -0.4 is 0 Å². The van der Waals surface area contributed by atoms with Crippen LogP contribution in [0.5, 0.6) is 0 Å². The van der Waals surface area contributed by atoms with Gasteiger partial charge in [0.15, 0.2) is 0 Å². The van der Waals surface area contributed by atoms with Crippen molar-refractivity contribution in [2.75, 3.05) is 6.26 Å². The van der Waals surface area contributed by atoms with Gasteiger partial charge in [0.25, 0.3) is 10.1 Å². The van der Waals surface area contributed by atoms with Crippen LogP contribution in [0.4, 0.5) is 0 Å². The third kappa shape index (κ3) is 3.51. The van der Waals surface area contributed by atoms with Gasteiger partial charge in [-0.2, -0.15) is 8.42 Å². The van der Waals surface area contributed by atoms with E-state index in [2.05, 4.69) is 4.98 Å².